The minimum absolute atomic E-state index is 0.122. The van der Waals surface area contributed by atoms with Crippen LogP contribution in [0.3, 0.4) is 0 Å². The van der Waals surface area contributed by atoms with Crippen molar-refractivity contribution in [2.45, 2.75) is 200 Å². The molecule has 0 aliphatic heterocycles. The minimum Gasteiger partial charge on any atom is -0.462 e. The zero-order valence-electron chi connectivity index (χ0n) is 36.1. The first-order valence-corrected chi connectivity index (χ1v) is 22.6. The molecule has 56 heavy (non-hydrogen) atoms. The second-order valence-corrected chi connectivity index (χ2v) is 14.6. The van der Waals surface area contributed by atoms with E-state index < -0.39 is 18.0 Å². The molecule has 0 fully saturated rings. The van der Waals surface area contributed by atoms with Gasteiger partial charge < -0.3 is 14.2 Å². The van der Waals surface area contributed by atoms with E-state index in [4.69, 9.17) is 14.2 Å². The van der Waals surface area contributed by atoms with Crippen LogP contribution < -0.4 is 0 Å². The standard InChI is InChI=1S/C50H82O6/c1-4-7-10-13-16-19-21-22-23-24-25-26-27-29-31-34-37-40-43-49(52)55-46-47(45-54-48(51)42-39-36-33-30-18-15-12-9-6-3)56-50(53)44-41-38-35-32-28-20-17-14-11-8-5-2/h8-9,11-12,17-18,20,25-26,30,32,35-36,39,47H,4-7,10,13-16,19,21-24,27-29,31,33-34,37-38,40-46H2,1-3H3/b11-8-,12-9-,20-17-,26-25-,30-18-,35-32-,39-36-. The molecule has 0 aliphatic carbocycles. The predicted octanol–water partition coefficient (Wildman–Crippen LogP) is 14.5. The van der Waals surface area contributed by atoms with Crippen LogP contribution in [0.5, 0.6) is 0 Å². The lowest BCUT2D eigenvalue weighted by molar-refractivity contribution is -0.166. The fourth-order valence-electron chi connectivity index (χ4n) is 5.81. The first-order valence-electron chi connectivity index (χ1n) is 22.6. The molecule has 0 N–H and O–H groups in total. The molecule has 0 aliphatic rings. The summed E-state index contributed by atoms with van der Waals surface area (Å²) in [6, 6.07) is 0. The van der Waals surface area contributed by atoms with Crippen LogP contribution in [-0.4, -0.2) is 37.2 Å². The fraction of sp³-hybridized carbons (Fsp3) is 0.660. The highest BCUT2D eigenvalue weighted by Gasteiger charge is 2.19. The maximum absolute atomic E-state index is 12.6. The molecule has 0 aromatic carbocycles. The van der Waals surface area contributed by atoms with E-state index in [1.54, 1.807) is 6.08 Å². The number of esters is 3. The van der Waals surface area contributed by atoms with Gasteiger partial charge >= 0.3 is 17.9 Å². The van der Waals surface area contributed by atoms with Crippen molar-refractivity contribution < 1.29 is 28.6 Å². The zero-order valence-corrected chi connectivity index (χ0v) is 36.1. The maximum atomic E-state index is 12.6. The van der Waals surface area contributed by atoms with E-state index in [0.717, 1.165) is 77.0 Å². The normalized spacial score (nSPS) is 12.8. The molecule has 0 aromatic rings. The number of unbranched alkanes of at least 4 members (excludes halogenated alkanes) is 15. The smallest absolute Gasteiger partial charge is 0.309 e. The van der Waals surface area contributed by atoms with Gasteiger partial charge in [-0.2, -0.15) is 0 Å². The molecule has 0 heterocycles. The van der Waals surface area contributed by atoms with Crippen LogP contribution in [0.1, 0.15) is 194 Å². The highest BCUT2D eigenvalue weighted by molar-refractivity contribution is 5.72. The number of allylic oxidation sites excluding steroid dienone is 13. The van der Waals surface area contributed by atoms with E-state index in [9.17, 15) is 14.4 Å². The monoisotopic (exact) mass is 779 g/mol. The third-order valence-corrected chi connectivity index (χ3v) is 9.15. The summed E-state index contributed by atoms with van der Waals surface area (Å²) in [7, 11) is 0. The van der Waals surface area contributed by atoms with Crippen molar-refractivity contribution >= 4 is 17.9 Å². The molecule has 1 atom stereocenters. The van der Waals surface area contributed by atoms with Crippen LogP contribution in [-0.2, 0) is 28.6 Å². The van der Waals surface area contributed by atoms with Crippen molar-refractivity contribution in [2.75, 3.05) is 13.2 Å². The largest absolute Gasteiger partial charge is 0.462 e. The highest BCUT2D eigenvalue weighted by atomic mass is 16.6. The summed E-state index contributed by atoms with van der Waals surface area (Å²) >= 11 is 0. The number of carbonyl (C=O) groups is 3. The zero-order chi connectivity index (χ0) is 40.8. The molecule has 0 radical (unpaired) electrons. The van der Waals surface area contributed by atoms with Gasteiger partial charge in [0.2, 0.25) is 0 Å². The Balaban J connectivity index is 4.43. The molecule has 0 amide bonds. The summed E-state index contributed by atoms with van der Waals surface area (Å²) in [5, 5.41) is 0. The Morgan fingerprint density at radius 1 is 0.393 bits per heavy atom. The average molecular weight is 779 g/mol. The quantitative estimate of drug-likeness (QED) is 0.0268. The van der Waals surface area contributed by atoms with Gasteiger partial charge in [-0.15, -0.1) is 0 Å². The molecule has 6 nitrogen and oxygen atoms in total. The minimum atomic E-state index is -0.839. The molecule has 0 saturated heterocycles. The Morgan fingerprint density at radius 3 is 1.32 bits per heavy atom. The topological polar surface area (TPSA) is 78.9 Å². The molecule has 0 rings (SSSR count). The summed E-state index contributed by atoms with van der Waals surface area (Å²) in [5.41, 5.74) is 0. The summed E-state index contributed by atoms with van der Waals surface area (Å²) < 4.78 is 16.5. The van der Waals surface area contributed by atoms with Crippen molar-refractivity contribution in [3.63, 3.8) is 0 Å². The van der Waals surface area contributed by atoms with Gasteiger partial charge in [-0.3, -0.25) is 14.4 Å². The number of rotatable bonds is 39. The third kappa shape index (κ3) is 41.7. The summed E-state index contributed by atoms with van der Waals surface area (Å²) in [5.74, 6) is -1.13. The predicted molar refractivity (Wildman–Crippen MR) is 237 cm³/mol. The lowest BCUT2D eigenvalue weighted by Crippen LogP contribution is -2.30. The first-order chi connectivity index (χ1) is 27.5. The molecule has 6 heteroatoms. The van der Waals surface area contributed by atoms with Crippen LogP contribution in [0.25, 0.3) is 0 Å². The van der Waals surface area contributed by atoms with Crippen molar-refractivity contribution in [2.24, 2.45) is 0 Å². The lowest BCUT2D eigenvalue weighted by Gasteiger charge is -2.18. The second kappa shape index (κ2) is 44.3. The van der Waals surface area contributed by atoms with Gasteiger partial charge in [-0.25, -0.2) is 0 Å². The van der Waals surface area contributed by atoms with Gasteiger partial charge in [-0.05, 0) is 83.5 Å². The molecule has 0 aromatic heterocycles. The number of hydrogen-bond acceptors (Lipinski definition) is 6. The van der Waals surface area contributed by atoms with Crippen LogP contribution in [0.2, 0.25) is 0 Å². The van der Waals surface area contributed by atoms with Crippen LogP contribution >= 0.6 is 0 Å². The summed E-state index contributed by atoms with van der Waals surface area (Å²) in [4.78, 5) is 37.5. The Morgan fingerprint density at radius 2 is 0.786 bits per heavy atom. The number of hydrogen-bond donors (Lipinski definition) is 0. The van der Waals surface area contributed by atoms with Crippen molar-refractivity contribution in [3.8, 4) is 0 Å². The average Bonchev–Trinajstić information content (AvgIpc) is 3.19. The molecule has 1 unspecified atom stereocenters. The van der Waals surface area contributed by atoms with E-state index in [1.807, 2.05) is 6.08 Å². The molecule has 0 saturated carbocycles. The Hall–Kier alpha value is -3.41. The summed E-state index contributed by atoms with van der Waals surface area (Å²) in [6.45, 7) is 6.22. The van der Waals surface area contributed by atoms with Gasteiger partial charge in [0.15, 0.2) is 6.10 Å². The molecular formula is C50H82O6. The number of ether oxygens (including phenoxy) is 3. The van der Waals surface area contributed by atoms with Crippen LogP contribution in [0, 0.1) is 0 Å². The fourth-order valence-corrected chi connectivity index (χ4v) is 5.81. The SMILES string of the molecule is CC/C=C\C/C=C\C/C=C\CCCC(=O)OC(COC(=O)C/C=C\C/C=C\C/C=C\CC)COC(=O)CCCCCCC/C=C\CCCCCCCCCCC. The summed E-state index contributed by atoms with van der Waals surface area (Å²) in [6.07, 6.45) is 56.2. The van der Waals surface area contributed by atoms with Gasteiger partial charge in [0.25, 0.3) is 0 Å². The van der Waals surface area contributed by atoms with Crippen molar-refractivity contribution in [3.05, 3.63) is 85.1 Å². The Bertz CT molecular complexity index is 1120. The molecule has 0 spiro atoms. The van der Waals surface area contributed by atoms with E-state index in [1.165, 1.54) is 70.6 Å². The Kier molecular flexibility index (Phi) is 41.6. The lowest BCUT2D eigenvalue weighted by atomic mass is 10.1. The van der Waals surface area contributed by atoms with Gasteiger partial charge in [-0.1, -0.05) is 176 Å². The van der Waals surface area contributed by atoms with E-state index >= 15 is 0 Å². The van der Waals surface area contributed by atoms with Gasteiger partial charge in [0.05, 0.1) is 6.42 Å². The highest BCUT2D eigenvalue weighted by Crippen LogP contribution is 2.13. The first kappa shape index (κ1) is 52.6. The molecule has 318 valence electrons. The van der Waals surface area contributed by atoms with Crippen LogP contribution in [0.4, 0.5) is 0 Å². The third-order valence-electron chi connectivity index (χ3n) is 9.15. The Labute approximate surface area is 344 Å². The number of carbonyl (C=O) groups excluding carboxylic acids is 3. The van der Waals surface area contributed by atoms with E-state index in [2.05, 4.69) is 93.7 Å². The molecular weight excluding hydrogens is 697 g/mol. The van der Waals surface area contributed by atoms with E-state index in [-0.39, 0.29) is 32.0 Å². The van der Waals surface area contributed by atoms with Gasteiger partial charge in [0, 0.05) is 12.8 Å². The second-order valence-electron chi connectivity index (χ2n) is 14.6. The van der Waals surface area contributed by atoms with Crippen molar-refractivity contribution in [1.82, 2.24) is 0 Å². The van der Waals surface area contributed by atoms with Crippen molar-refractivity contribution in [1.29, 1.82) is 0 Å². The van der Waals surface area contributed by atoms with Gasteiger partial charge in [0.1, 0.15) is 13.2 Å². The molecule has 0 bridgehead atoms. The van der Waals surface area contributed by atoms with E-state index in [0.29, 0.717) is 12.8 Å². The van der Waals surface area contributed by atoms with Crippen LogP contribution in [0.15, 0.2) is 85.1 Å². The maximum Gasteiger partial charge on any atom is 0.309 e.